The molecule has 0 aromatic carbocycles. The molecule has 296 valence electrons. The van der Waals surface area contributed by atoms with Gasteiger partial charge in [-0.15, -0.1) is 0 Å². The van der Waals surface area contributed by atoms with E-state index in [2.05, 4.69) is 67.0 Å². The largest absolute Gasteiger partial charge is 0.469 e. The smallest absolute Gasteiger partial charge is 0.462 e. The van der Waals surface area contributed by atoms with Crippen LogP contribution in [-0.2, 0) is 28.2 Å². The van der Waals surface area contributed by atoms with E-state index in [9.17, 15) is 14.2 Å². The number of unbranched alkanes of at least 4 members (excludes halogenated alkanes) is 14. The number of allylic oxidation sites excluding steroid dienone is 14. The fourth-order valence-electron chi connectivity index (χ4n) is 5.10. The average molecular weight is 747 g/mol. The van der Waals surface area contributed by atoms with E-state index in [0.717, 1.165) is 64.2 Å². The first-order valence-corrected chi connectivity index (χ1v) is 21.5. The highest BCUT2D eigenvalue weighted by molar-refractivity contribution is 7.46. The molecule has 0 fully saturated rings. The van der Waals surface area contributed by atoms with Gasteiger partial charge in [0, 0.05) is 12.8 Å². The van der Waals surface area contributed by atoms with Crippen molar-refractivity contribution in [3.63, 3.8) is 0 Å². The van der Waals surface area contributed by atoms with E-state index in [4.69, 9.17) is 19.3 Å². The summed E-state index contributed by atoms with van der Waals surface area (Å²) >= 11 is 0. The van der Waals surface area contributed by atoms with Crippen molar-refractivity contribution in [2.75, 3.05) is 13.2 Å². The Balaban J connectivity index is 3.95. The van der Waals surface area contributed by atoms with Crippen LogP contribution >= 0.6 is 7.82 Å². The molecule has 0 aliphatic heterocycles. The molecule has 1 atom stereocenters. The third-order valence-electron chi connectivity index (χ3n) is 8.00. The summed E-state index contributed by atoms with van der Waals surface area (Å²) in [5.41, 5.74) is 0. The highest BCUT2D eigenvalue weighted by atomic mass is 31.2. The van der Waals surface area contributed by atoms with Crippen molar-refractivity contribution >= 4 is 19.8 Å². The van der Waals surface area contributed by atoms with Gasteiger partial charge in [0.15, 0.2) is 6.10 Å². The van der Waals surface area contributed by atoms with Crippen LogP contribution in [-0.4, -0.2) is 41.0 Å². The quantitative estimate of drug-likeness (QED) is 0.0216. The number of carbonyl (C=O) groups is 2. The number of hydrogen-bond acceptors (Lipinski definition) is 6. The Kier molecular flexibility index (Phi) is 35.9. The highest BCUT2D eigenvalue weighted by Crippen LogP contribution is 2.36. The molecular weight excluding hydrogens is 675 g/mol. The maximum atomic E-state index is 12.3. The molecule has 8 nitrogen and oxygen atoms in total. The second-order valence-electron chi connectivity index (χ2n) is 12.9. The Hall–Kier alpha value is -2.77. The molecular formula is C43H71O8P. The maximum absolute atomic E-state index is 12.3. The molecule has 0 saturated carbocycles. The van der Waals surface area contributed by atoms with E-state index >= 15 is 0 Å². The van der Waals surface area contributed by atoms with Gasteiger partial charge in [-0.25, -0.2) is 4.57 Å². The van der Waals surface area contributed by atoms with Gasteiger partial charge in [-0.2, -0.15) is 0 Å². The predicted octanol–water partition coefficient (Wildman–Crippen LogP) is 12.1. The molecule has 0 spiro atoms. The van der Waals surface area contributed by atoms with Crippen molar-refractivity contribution in [2.24, 2.45) is 0 Å². The number of carbonyl (C=O) groups excluding carboxylic acids is 2. The average Bonchev–Trinajstić information content (AvgIpc) is 3.11. The van der Waals surface area contributed by atoms with Crippen molar-refractivity contribution in [1.29, 1.82) is 0 Å². The van der Waals surface area contributed by atoms with Gasteiger partial charge in [0.05, 0.1) is 6.61 Å². The molecule has 52 heavy (non-hydrogen) atoms. The predicted molar refractivity (Wildman–Crippen MR) is 216 cm³/mol. The normalized spacial score (nSPS) is 13.4. The lowest BCUT2D eigenvalue weighted by Crippen LogP contribution is -2.29. The van der Waals surface area contributed by atoms with Gasteiger partial charge in [0.1, 0.15) is 6.61 Å². The van der Waals surface area contributed by atoms with Crippen LogP contribution in [0, 0.1) is 0 Å². The van der Waals surface area contributed by atoms with Crippen LogP contribution in [0.15, 0.2) is 85.1 Å². The van der Waals surface area contributed by atoms with Crippen LogP contribution in [0.3, 0.4) is 0 Å². The monoisotopic (exact) mass is 746 g/mol. The zero-order valence-electron chi connectivity index (χ0n) is 32.4. The van der Waals surface area contributed by atoms with Crippen LogP contribution < -0.4 is 0 Å². The molecule has 0 heterocycles. The topological polar surface area (TPSA) is 119 Å². The Labute approximate surface area is 316 Å². The van der Waals surface area contributed by atoms with Gasteiger partial charge < -0.3 is 19.3 Å². The lowest BCUT2D eigenvalue weighted by molar-refractivity contribution is -0.161. The fourth-order valence-corrected chi connectivity index (χ4v) is 5.46. The molecule has 0 aliphatic carbocycles. The van der Waals surface area contributed by atoms with Gasteiger partial charge in [0.25, 0.3) is 0 Å². The van der Waals surface area contributed by atoms with Crippen LogP contribution in [0.25, 0.3) is 0 Å². The zero-order chi connectivity index (χ0) is 38.2. The summed E-state index contributed by atoms with van der Waals surface area (Å²) in [6, 6.07) is 0. The summed E-state index contributed by atoms with van der Waals surface area (Å²) in [6.07, 6.45) is 50.3. The van der Waals surface area contributed by atoms with E-state index in [-0.39, 0.29) is 19.4 Å². The molecule has 0 amide bonds. The summed E-state index contributed by atoms with van der Waals surface area (Å²) in [7, 11) is -4.77. The van der Waals surface area contributed by atoms with Crippen LogP contribution in [0.2, 0.25) is 0 Å². The molecule has 0 radical (unpaired) electrons. The third kappa shape index (κ3) is 40.0. The van der Waals surface area contributed by atoms with Crippen molar-refractivity contribution in [2.45, 2.75) is 161 Å². The summed E-state index contributed by atoms with van der Waals surface area (Å²) in [5.74, 6) is -0.941. The lowest BCUT2D eigenvalue weighted by Gasteiger charge is -2.18. The molecule has 0 aromatic rings. The Morgan fingerprint density at radius 2 is 0.962 bits per heavy atom. The SMILES string of the molecule is CC/C=C/C=C/C=C/C=C/CCCCCC(=O)OC(COC(=O)CCCCCCCCCCCCC/C=C/C/C=C/C/C=C/CC)COP(=O)(O)O. The van der Waals surface area contributed by atoms with Crippen molar-refractivity contribution in [3.05, 3.63) is 85.1 Å². The second-order valence-corrected chi connectivity index (χ2v) is 14.2. The van der Waals surface area contributed by atoms with E-state index in [1.165, 1.54) is 51.4 Å². The fraction of sp³-hybridized carbons (Fsp3) is 0.628. The minimum Gasteiger partial charge on any atom is -0.462 e. The van der Waals surface area contributed by atoms with Gasteiger partial charge in [-0.1, -0.05) is 163 Å². The number of rotatable bonds is 35. The zero-order valence-corrected chi connectivity index (χ0v) is 33.3. The summed E-state index contributed by atoms with van der Waals surface area (Å²) in [6.45, 7) is 3.38. The third-order valence-corrected chi connectivity index (χ3v) is 8.49. The summed E-state index contributed by atoms with van der Waals surface area (Å²) in [4.78, 5) is 42.7. The van der Waals surface area contributed by atoms with Crippen LogP contribution in [0.1, 0.15) is 155 Å². The number of phosphoric ester groups is 1. The molecule has 9 heteroatoms. The molecule has 0 bridgehead atoms. The van der Waals surface area contributed by atoms with E-state index in [1.807, 2.05) is 36.5 Å². The van der Waals surface area contributed by atoms with Gasteiger partial charge >= 0.3 is 19.8 Å². The Bertz CT molecular complexity index is 1110. The van der Waals surface area contributed by atoms with Crippen LogP contribution in [0.4, 0.5) is 0 Å². The summed E-state index contributed by atoms with van der Waals surface area (Å²) in [5, 5.41) is 0. The first kappa shape index (κ1) is 49.2. The molecule has 0 aromatic heterocycles. The van der Waals surface area contributed by atoms with Crippen molar-refractivity contribution < 1.29 is 37.9 Å². The Morgan fingerprint density at radius 1 is 0.519 bits per heavy atom. The van der Waals surface area contributed by atoms with E-state index < -0.39 is 32.5 Å². The molecule has 0 aliphatic rings. The molecule has 0 saturated heterocycles. The van der Waals surface area contributed by atoms with Gasteiger partial charge in [-0.05, 0) is 64.2 Å². The number of ether oxygens (including phenoxy) is 2. The number of phosphoric acid groups is 1. The van der Waals surface area contributed by atoms with Crippen LogP contribution in [0.5, 0.6) is 0 Å². The first-order chi connectivity index (χ1) is 25.3. The minimum atomic E-state index is -4.77. The molecule has 2 N–H and O–H groups in total. The Morgan fingerprint density at radius 3 is 1.54 bits per heavy atom. The number of hydrogen-bond donors (Lipinski definition) is 2. The second kappa shape index (κ2) is 38.0. The maximum Gasteiger partial charge on any atom is 0.469 e. The van der Waals surface area contributed by atoms with Crippen molar-refractivity contribution in [1.82, 2.24) is 0 Å². The van der Waals surface area contributed by atoms with Gasteiger partial charge in [-0.3, -0.25) is 14.1 Å². The van der Waals surface area contributed by atoms with E-state index in [1.54, 1.807) is 0 Å². The van der Waals surface area contributed by atoms with Gasteiger partial charge in [0.2, 0.25) is 0 Å². The highest BCUT2D eigenvalue weighted by Gasteiger charge is 2.22. The lowest BCUT2D eigenvalue weighted by atomic mass is 10.0. The standard InChI is InChI=1S/C43H71O8P/c1-3-5-7-9-11-13-15-17-18-19-20-21-22-23-24-26-27-29-31-33-35-37-42(44)49-39-41(40-50-52(46,47)48)51-43(45)38-36-34-32-30-28-25-16-14-12-10-8-6-4-2/h5-8,10-14,16-18,25,28,41H,3-4,9,15,19-24,26-27,29-40H2,1-2H3,(H2,46,47,48)/b7-5+,8-6+,12-10+,13-11+,16-14+,18-17+,28-25+. The number of esters is 2. The molecule has 0 rings (SSSR count). The molecule has 1 unspecified atom stereocenters. The minimum absolute atomic E-state index is 0.161. The van der Waals surface area contributed by atoms with Crippen molar-refractivity contribution in [3.8, 4) is 0 Å². The van der Waals surface area contributed by atoms with E-state index in [0.29, 0.717) is 12.8 Å². The summed E-state index contributed by atoms with van der Waals surface area (Å²) < 4.78 is 26.3. The first-order valence-electron chi connectivity index (χ1n) is 19.9.